The predicted octanol–water partition coefficient (Wildman–Crippen LogP) is 2.22. The lowest BCUT2D eigenvalue weighted by Gasteiger charge is -2.12. The van der Waals surface area contributed by atoms with Gasteiger partial charge in [0.1, 0.15) is 0 Å². The number of hydrogen-bond acceptors (Lipinski definition) is 4. The smallest absolute Gasteiger partial charge is 0.306 e. The number of carbonyl (C=O) groups excluding carboxylic acids is 2. The third kappa shape index (κ3) is 4.03. The zero-order valence-corrected chi connectivity index (χ0v) is 10.5. The van der Waals surface area contributed by atoms with E-state index in [1.165, 1.54) is 18.9 Å². The van der Waals surface area contributed by atoms with Gasteiger partial charge in [0.15, 0.2) is 0 Å². The van der Waals surface area contributed by atoms with Gasteiger partial charge in [0.2, 0.25) is 5.12 Å². The molecule has 1 unspecified atom stereocenters. The first-order valence-electron chi connectivity index (χ1n) is 4.87. The van der Waals surface area contributed by atoms with Gasteiger partial charge in [-0.25, -0.2) is 0 Å². The zero-order valence-electron chi connectivity index (χ0n) is 8.92. The van der Waals surface area contributed by atoms with Crippen molar-refractivity contribution in [1.82, 2.24) is 0 Å². The van der Waals surface area contributed by atoms with Crippen molar-refractivity contribution in [2.75, 3.05) is 12.9 Å². The molecule has 86 valence electrons. The van der Waals surface area contributed by atoms with Gasteiger partial charge in [-0.05, 0) is 25.2 Å². The molecule has 0 aromatic carbocycles. The molecule has 1 fully saturated rings. The Hall–Kier alpha value is -0.220. The summed E-state index contributed by atoms with van der Waals surface area (Å²) < 4.78 is 4.62. The van der Waals surface area contributed by atoms with E-state index in [0.717, 1.165) is 12.8 Å². The van der Waals surface area contributed by atoms with Gasteiger partial charge in [-0.2, -0.15) is 0 Å². The Bertz CT molecular complexity index is 261. The van der Waals surface area contributed by atoms with E-state index in [2.05, 4.69) is 4.74 Å². The van der Waals surface area contributed by atoms with Crippen molar-refractivity contribution < 1.29 is 14.3 Å². The van der Waals surface area contributed by atoms with Crippen molar-refractivity contribution >= 4 is 34.4 Å². The molecule has 1 saturated carbocycles. The van der Waals surface area contributed by atoms with Crippen LogP contribution in [-0.2, 0) is 14.3 Å². The summed E-state index contributed by atoms with van der Waals surface area (Å²) in [4.78, 5) is 22.4. The number of rotatable bonds is 5. The molecule has 1 rings (SSSR count). The van der Waals surface area contributed by atoms with E-state index in [0.29, 0.717) is 12.2 Å². The largest absolute Gasteiger partial charge is 0.469 e. The van der Waals surface area contributed by atoms with Gasteiger partial charge in [0.25, 0.3) is 0 Å². The second-order valence-electron chi connectivity index (χ2n) is 3.98. The molecule has 0 heterocycles. The molecule has 0 amide bonds. The molecule has 1 atom stereocenters. The second kappa shape index (κ2) is 5.21. The summed E-state index contributed by atoms with van der Waals surface area (Å²) in [5.41, 5.74) is -0.000795. The van der Waals surface area contributed by atoms with Gasteiger partial charge in [-0.3, -0.25) is 9.59 Å². The number of thioether (sulfide) groups is 1. The van der Waals surface area contributed by atoms with Crippen molar-refractivity contribution in [1.29, 1.82) is 0 Å². The third-order valence-electron chi connectivity index (χ3n) is 2.55. The van der Waals surface area contributed by atoms with Crippen LogP contribution < -0.4 is 0 Å². The van der Waals surface area contributed by atoms with Crippen LogP contribution in [0, 0.1) is 5.41 Å². The Labute approximate surface area is 98.9 Å². The van der Waals surface area contributed by atoms with E-state index in [-0.39, 0.29) is 16.5 Å². The standard InChI is InChI=1S/C10H15ClO3S/c1-7(11)9(13)15-6-10(3-4-10)5-8(12)14-2/h7H,3-6H2,1-2H3. The summed E-state index contributed by atoms with van der Waals surface area (Å²) in [6.45, 7) is 1.66. The molecule has 1 aliphatic carbocycles. The Morgan fingerprint density at radius 3 is 2.53 bits per heavy atom. The molecule has 0 spiro atoms. The van der Waals surface area contributed by atoms with E-state index in [1.807, 2.05) is 0 Å². The molecular formula is C10H15ClO3S. The number of hydrogen-bond donors (Lipinski definition) is 0. The summed E-state index contributed by atoms with van der Waals surface area (Å²) in [5.74, 6) is 0.484. The van der Waals surface area contributed by atoms with Crippen molar-refractivity contribution in [3.8, 4) is 0 Å². The fourth-order valence-corrected chi connectivity index (χ4v) is 2.52. The summed E-state index contributed by atoms with van der Waals surface area (Å²) in [5, 5.41) is -0.475. The first kappa shape index (κ1) is 12.8. The molecule has 0 N–H and O–H groups in total. The minimum atomic E-state index is -0.455. The minimum Gasteiger partial charge on any atom is -0.469 e. The van der Waals surface area contributed by atoms with Crippen LogP contribution in [0.5, 0.6) is 0 Å². The number of ether oxygens (including phenoxy) is 1. The SMILES string of the molecule is COC(=O)CC1(CSC(=O)C(C)Cl)CC1. The van der Waals surface area contributed by atoms with Crippen molar-refractivity contribution in [2.45, 2.75) is 31.6 Å². The van der Waals surface area contributed by atoms with E-state index < -0.39 is 5.38 Å². The van der Waals surface area contributed by atoms with E-state index >= 15 is 0 Å². The molecule has 0 radical (unpaired) electrons. The first-order valence-corrected chi connectivity index (χ1v) is 6.29. The highest BCUT2D eigenvalue weighted by Gasteiger charge is 2.45. The maximum atomic E-state index is 11.3. The molecule has 3 nitrogen and oxygen atoms in total. The van der Waals surface area contributed by atoms with E-state index in [9.17, 15) is 9.59 Å². The predicted molar refractivity (Wildman–Crippen MR) is 61.1 cm³/mol. The lowest BCUT2D eigenvalue weighted by molar-refractivity contribution is -0.141. The first-order chi connectivity index (χ1) is 6.99. The minimum absolute atomic E-state index is 0.000795. The van der Waals surface area contributed by atoms with Gasteiger partial charge in [-0.1, -0.05) is 11.8 Å². The highest BCUT2D eigenvalue weighted by atomic mass is 35.5. The molecule has 0 aliphatic heterocycles. The molecule has 0 aromatic rings. The van der Waals surface area contributed by atoms with Gasteiger partial charge in [-0.15, -0.1) is 11.6 Å². The van der Waals surface area contributed by atoms with Crippen LogP contribution in [0.4, 0.5) is 0 Å². The number of alkyl halides is 1. The van der Waals surface area contributed by atoms with Gasteiger partial charge < -0.3 is 4.74 Å². The Morgan fingerprint density at radius 2 is 2.13 bits per heavy atom. The lowest BCUT2D eigenvalue weighted by Crippen LogP contribution is -2.15. The van der Waals surface area contributed by atoms with Crippen LogP contribution >= 0.6 is 23.4 Å². The molecule has 1 aliphatic rings. The topological polar surface area (TPSA) is 43.4 Å². The van der Waals surface area contributed by atoms with Gasteiger partial charge in [0.05, 0.1) is 18.9 Å². The van der Waals surface area contributed by atoms with Gasteiger partial charge in [0, 0.05) is 5.75 Å². The average Bonchev–Trinajstić information content (AvgIpc) is 2.94. The van der Waals surface area contributed by atoms with Crippen molar-refractivity contribution in [2.24, 2.45) is 5.41 Å². The monoisotopic (exact) mass is 250 g/mol. The van der Waals surface area contributed by atoms with Crippen LogP contribution in [0.15, 0.2) is 0 Å². The Balaban J connectivity index is 2.32. The van der Waals surface area contributed by atoms with Crippen LogP contribution in [0.1, 0.15) is 26.2 Å². The van der Waals surface area contributed by atoms with Crippen molar-refractivity contribution in [3.05, 3.63) is 0 Å². The number of halogens is 1. The van der Waals surface area contributed by atoms with Gasteiger partial charge >= 0.3 is 5.97 Å². The highest BCUT2D eigenvalue weighted by molar-refractivity contribution is 8.13. The fourth-order valence-electron chi connectivity index (χ4n) is 1.27. The fraction of sp³-hybridized carbons (Fsp3) is 0.800. The summed E-state index contributed by atoms with van der Waals surface area (Å²) in [6.07, 6.45) is 2.42. The second-order valence-corrected chi connectivity index (χ2v) is 5.61. The van der Waals surface area contributed by atoms with Crippen LogP contribution in [0.25, 0.3) is 0 Å². The Kier molecular flexibility index (Phi) is 4.46. The molecule has 15 heavy (non-hydrogen) atoms. The molecule has 0 aromatic heterocycles. The zero-order chi connectivity index (χ0) is 11.5. The number of carbonyl (C=O) groups is 2. The molecule has 0 saturated heterocycles. The van der Waals surface area contributed by atoms with Crippen molar-refractivity contribution in [3.63, 3.8) is 0 Å². The maximum absolute atomic E-state index is 11.3. The molecule has 5 heteroatoms. The summed E-state index contributed by atoms with van der Waals surface area (Å²) in [7, 11) is 1.39. The maximum Gasteiger partial charge on any atom is 0.306 e. The normalized spacial score (nSPS) is 19.4. The van der Waals surface area contributed by atoms with E-state index in [4.69, 9.17) is 11.6 Å². The lowest BCUT2D eigenvalue weighted by atomic mass is 10.1. The highest BCUT2D eigenvalue weighted by Crippen LogP contribution is 2.51. The third-order valence-corrected chi connectivity index (χ3v) is 4.27. The summed E-state index contributed by atoms with van der Waals surface area (Å²) in [6, 6.07) is 0. The number of esters is 1. The Morgan fingerprint density at radius 1 is 1.53 bits per heavy atom. The molecular weight excluding hydrogens is 236 g/mol. The average molecular weight is 251 g/mol. The van der Waals surface area contributed by atoms with Crippen LogP contribution in [0.2, 0.25) is 0 Å². The molecule has 0 bridgehead atoms. The quantitative estimate of drug-likeness (QED) is 0.554. The number of methoxy groups -OCH3 is 1. The van der Waals surface area contributed by atoms with Crippen LogP contribution in [0.3, 0.4) is 0 Å². The van der Waals surface area contributed by atoms with E-state index in [1.54, 1.807) is 6.92 Å². The summed E-state index contributed by atoms with van der Waals surface area (Å²) >= 11 is 6.88. The van der Waals surface area contributed by atoms with Crippen LogP contribution in [-0.4, -0.2) is 29.3 Å².